The Morgan fingerprint density at radius 2 is 1.88 bits per heavy atom. The zero-order chi connectivity index (χ0) is 18.7. The number of alkyl halides is 3. The molecule has 1 aromatic heterocycles. The summed E-state index contributed by atoms with van der Waals surface area (Å²) in [5.41, 5.74) is -1.05. The Labute approximate surface area is 147 Å². The lowest BCUT2D eigenvalue weighted by Crippen LogP contribution is -2.18. The molecule has 0 spiro atoms. The summed E-state index contributed by atoms with van der Waals surface area (Å²) in [6.07, 6.45) is 8.61. The van der Waals surface area contributed by atoms with Crippen molar-refractivity contribution in [2.45, 2.75) is 83.9 Å². The van der Waals surface area contributed by atoms with Gasteiger partial charge in [-0.25, -0.2) is 4.68 Å². The first-order valence-corrected chi connectivity index (χ1v) is 8.75. The van der Waals surface area contributed by atoms with Gasteiger partial charge in [-0.2, -0.15) is 18.3 Å². The number of nitrogens with zero attached hydrogens (tertiary/aromatic N) is 2. The fourth-order valence-corrected chi connectivity index (χ4v) is 2.61. The molecular formula is C18H27F3N2O2. The molecule has 1 unspecified atom stereocenters. The molecule has 25 heavy (non-hydrogen) atoms. The van der Waals surface area contributed by atoms with Crippen molar-refractivity contribution in [2.75, 3.05) is 0 Å². The van der Waals surface area contributed by atoms with Crippen LogP contribution in [-0.2, 0) is 24.1 Å². The number of aliphatic hydroxyl groups excluding tert-OH is 1. The van der Waals surface area contributed by atoms with E-state index >= 15 is 0 Å². The monoisotopic (exact) mass is 360 g/mol. The molecule has 0 aliphatic rings. The molecular weight excluding hydrogens is 333 g/mol. The van der Waals surface area contributed by atoms with E-state index in [1.807, 2.05) is 0 Å². The highest BCUT2D eigenvalue weighted by molar-refractivity contribution is 5.20. The normalized spacial score (nSPS) is 13.0. The van der Waals surface area contributed by atoms with Gasteiger partial charge in [0.15, 0.2) is 6.29 Å². The summed E-state index contributed by atoms with van der Waals surface area (Å²) in [5.74, 6) is 2.14. The molecule has 0 radical (unpaired) electrons. The van der Waals surface area contributed by atoms with Crippen LogP contribution in [0.5, 0.6) is 0 Å². The maximum atomic E-state index is 13.1. The van der Waals surface area contributed by atoms with Gasteiger partial charge in [0.05, 0.1) is 12.8 Å². The average molecular weight is 360 g/mol. The molecule has 7 heteroatoms. The molecule has 1 N–H and O–H groups in total. The lowest BCUT2D eigenvalue weighted by molar-refractivity contribution is -0.148. The van der Waals surface area contributed by atoms with Crippen LogP contribution < -0.4 is 0 Å². The summed E-state index contributed by atoms with van der Waals surface area (Å²) < 4.78 is 45.2. The molecule has 142 valence electrons. The number of aromatic nitrogens is 2. The second-order valence-corrected chi connectivity index (χ2v) is 6.05. The van der Waals surface area contributed by atoms with E-state index in [0.717, 1.165) is 30.1 Å². The highest BCUT2D eigenvalue weighted by Gasteiger charge is 2.38. The van der Waals surface area contributed by atoms with Gasteiger partial charge >= 0.3 is 6.18 Å². The second kappa shape index (κ2) is 11.2. The van der Waals surface area contributed by atoms with Crippen molar-refractivity contribution in [3.63, 3.8) is 0 Å². The summed E-state index contributed by atoms with van der Waals surface area (Å²) in [6, 6.07) is 0. The van der Waals surface area contributed by atoms with Gasteiger partial charge in [0.2, 0.25) is 0 Å². The second-order valence-electron chi connectivity index (χ2n) is 6.05. The van der Waals surface area contributed by atoms with Gasteiger partial charge in [0.25, 0.3) is 0 Å². The van der Waals surface area contributed by atoms with Crippen molar-refractivity contribution in [2.24, 2.45) is 0 Å². The topological polar surface area (TPSA) is 47.3 Å². The van der Waals surface area contributed by atoms with Crippen LogP contribution in [0.4, 0.5) is 13.2 Å². The van der Waals surface area contributed by atoms with E-state index < -0.39 is 18.2 Å². The minimum Gasteiger partial charge on any atom is -0.368 e. The van der Waals surface area contributed by atoms with Gasteiger partial charge in [-0.15, -0.1) is 6.42 Å². The van der Waals surface area contributed by atoms with Crippen molar-refractivity contribution < 1.29 is 23.0 Å². The number of hydrogen-bond acceptors (Lipinski definition) is 3. The Morgan fingerprint density at radius 3 is 2.48 bits per heavy atom. The van der Waals surface area contributed by atoms with Crippen molar-refractivity contribution >= 4 is 0 Å². The maximum Gasteiger partial charge on any atom is 0.433 e. The third-order valence-electron chi connectivity index (χ3n) is 3.91. The Morgan fingerprint density at radius 1 is 1.24 bits per heavy atom. The Bertz CT molecular complexity index is 535. The van der Waals surface area contributed by atoms with Crippen LogP contribution in [0.15, 0.2) is 6.20 Å². The predicted molar refractivity (Wildman–Crippen MR) is 89.5 cm³/mol. The lowest BCUT2D eigenvalue weighted by Gasteiger charge is -2.14. The fourth-order valence-electron chi connectivity index (χ4n) is 2.61. The van der Waals surface area contributed by atoms with E-state index in [1.54, 1.807) is 0 Å². The maximum absolute atomic E-state index is 13.1. The van der Waals surface area contributed by atoms with Crippen molar-refractivity contribution in [1.29, 1.82) is 0 Å². The van der Waals surface area contributed by atoms with Crippen LogP contribution in [0.25, 0.3) is 0 Å². The molecule has 0 fully saturated rings. The molecule has 1 aromatic rings. The van der Waals surface area contributed by atoms with E-state index in [0.29, 0.717) is 6.42 Å². The van der Waals surface area contributed by atoms with E-state index in [-0.39, 0.29) is 18.7 Å². The van der Waals surface area contributed by atoms with Gasteiger partial charge in [-0.1, -0.05) is 51.4 Å². The van der Waals surface area contributed by atoms with E-state index in [2.05, 4.69) is 17.9 Å². The van der Waals surface area contributed by atoms with E-state index in [1.165, 1.54) is 25.7 Å². The number of aliphatic hydroxyl groups is 1. The summed E-state index contributed by atoms with van der Waals surface area (Å²) in [7, 11) is 0. The number of hydrogen-bond donors (Lipinski definition) is 1. The number of terminal acetylenes is 1. The van der Waals surface area contributed by atoms with Crippen LogP contribution >= 0.6 is 0 Å². The van der Waals surface area contributed by atoms with Crippen LogP contribution in [0.3, 0.4) is 0 Å². The molecule has 0 aliphatic carbocycles. The van der Waals surface area contributed by atoms with Gasteiger partial charge < -0.3 is 9.84 Å². The molecule has 0 saturated carbocycles. The van der Waals surface area contributed by atoms with E-state index in [4.69, 9.17) is 11.2 Å². The molecule has 0 amide bonds. The molecule has 0 bridgehead atoms. The summed E-state index contributed by atoms with van der Waals surface area (Å²) >= 11 is 0. The van der Waals surface area contributed by atoms with Crippen molar-refractivity contribution in [3.05, 3.63) is 17.5 Å². The number of rotatable bonds is 12. The van der Waals surface area contributed by atoms with Gasteiger partial charge in [0.1, 0.15) is 12.2 Å². The Hall–Kier alpha value is -1.52. The molecule has 4 nitrogen and oxygen atoms in total. The van der Waals surface area contributed by atoms with Gasteiger partial charge in [-0.05, 0) is 12.8 Å². The van der Waals surface area contributed by atoms with Gasteiger partial charge in [0, 0.05) is 5.56 Å². The lowest BCUT2D eigenvalue weighted by atomic mass is 10.1. The number of halogens is 3. The minimum absolute atomic E-state index is 0.124. The predicted octanol–water partition coefficient (Wildman–Crippen LogP) is 4.51. The number of unbranched alkanes of at least 4 members (excludes halogenated alkanes) is 6. The quantitative estimate of drug-likeness (QED) is 0.339. The highest BCUT2D eigenvalue weighted by Crippen LogP contribution is 2.32. The third kappa shape index (κ3) is 7.93. The molecule has 0 aromatic carbocycles. The van der Waals surface area contributed by atoms with Crippen LogP contribution in [0.1, 0.15) is 69.5 Å². The molecule has 1 heterocycles. The SMILES string of the molecule is C#CCn1ncc(COC(O)CCCCCCCCC)c1C(F)(F)F. The molecule has 1 rings (SSSR count). The average Bonchev–Trinajstić information content (AvgIpc) is 2.95. The third-order valence-corrected chi connectivity index (χ3v) is 3.91. The fraction of sp³-hybridized carbons (Fsp3) is 0.722. The minimum atomic E-state index is -4.57. The summed E-state index contributed by atoms with van der Waals surface area (Å²) in [6.45, 7) is 1.54. The molecule has 0 saturated heterocycles. The smallest absolute Gasteiger partial charge is 0.368 e. The van der Waals surface area contributed by atoms with Crippen LogP contribution in [0.2, 0.25) is 0 Å². The first-order chi connectivity index (χ1) is 11.9. The standard InChI is InChI=1S/C18H27F3N2O2/c1-3-5-6-7-8-9-10-11-16(24)25-14-15-13-22-23(12-4-2)17(15)18(19,20)21/h2,13,16,24H,3,5-12,14H2,1H3. The first-order valence-electron chi connectivity index (χ1n) is 8.75. The summed E-state index contributed by atoms with van der Waals surface area (Å²) in [5, 5.41) is 13.4. The van der Waals surface area contributed by atoms with E-state index in [9.17, 15) is 18.3 Å². The summed E-state index contributed by atoms with van der Waals surface area (Å²) in [4.78, 5) is 0. The zero-order valence-electron chi connectivity index (χ0n) is 14.7. The van der Waals surface area contributed by atoms with Crippen LogP contribution in [0, 0.1) is 12.3 Å². The zero-order valence-corrected chi connectivity index (χ0v) is 14.7. The molecule has 0 aliphatic heterocycles. The largest absolute Gasteiger partial charge is 0.433 e. The van der Waals surface area contributed by atoms with Gasteiger partial charge in [-0.3, -0.25) is 0 Å². The Balaban J connectivity index is 2.39. The van der Waals surface area contributed by atoms with Crippen LogP contribution in [-0.4, -0.2) is 21.2 Å². The van der Waals surface area contributed by atoms with Crippen molar-refractivity contribution in [3.8, 4) is 12.3 Å². The first kappa shape index (κ1) is 21.5. The number of ether oxygens (including phenoxy) is 1. The highest BCUT2D eigenvalue weighted by atomic mass is 19.4. The Kier molecular flexibility index (Phi) is 9.61. The molecule has 1 atom stereocenters. The van der Waals surface area contributed by atoms with Crippen molar-refractivity contribution in [1.82, 2.24) is 9.78 Å².